The number of thioether (sulfide) groups is 1. The molecule has 0 fully saturated rings. The standard InChI is InChI=1S/C25H21N3O3S/c1-16(2)32-21-10-6-9-20(15-21)24-27-28-25(31-24)26-23(30)19-13-11-18(12-14-19)22(29)17-7-4-3-5-8-17/h3-16H,1-2H3,(H,26,28,30). The van der Waals surface area contributed by atoms with E-state index in [4.69, 9.17) is 4.42 Å². The van der Waals surface area contributed by atoms with Crippen LogP contribution in [0, 0.1) is 0 Å². The Kier molecular flexibility index (Phi) is 6.47. The van der Waals surface area contributed by atoms with E-state index in [0.717, 1.165) is 10.5 Å². The number of amides is 1. The topological polar surface area (TPSA) is 85.1 Å². The number of aromatic nitrogens is 2. The van der Waals surface area contributed by atoms with Crippen LogP contribution in [0.2, 0.25) is 0 Å². The van der Waals surface area contributed by atoms with E-state index in [0.29, 0.717) is 27.8 Å². The van der Waals surface area contributed by atoms with E-state index in [1.165, 1.54) is 0 Å². The molecule has 1 aromatic heterocycles. The van der Waals surface area contributed by atoms with Gasteiger partial charge in [-0.3, -0.25) is 14.9 Å². The minimum Gasteiger partial charge on any atom is -0.403 e. The normalized spacial score (nSPS) is 10.8. The fraction of sp³-hybridized carbons (Fsp3) is 0.120. The first-order valence-electron chi connectivity index (χ1n) is 10.1. The first-order chi connectivity index (χ1) is 15.5. The number of hydrogen-bond acceptors (Lipinski definition) is 6. The summed E-state index contributed by atoms with van der Waals surface area (Å²) in [7, 11) is 0. The molecular formula is C25H21N3O3S. The number of nitrogens with zero attached hydrogens (tertiary/aromatic N) is 2. The molecule has 3 aromatic carbocycles. The van der Waals surface area contributed by atoms with Crippen LogP contribution < -0.4 is 5.32 Å². The average Bonchev–Trinajstić information content (AvgIpc) is 3.27. The van der Waals surface area contributed by atoms with E-state index in [-0.39, 0.29) is 11.8 Å². The fourth-order valence-electron chi connectivity index (χ4n) is 3.06. The number of ketones is 1. The maximum atomic E-state index is 12.6. The van der Waals surface area contributed by atoms with Crippen molar-refractivity contribution in [1.82, 2.24) is 10.2 Å². The van der Waals surface area contributed by atoms with Gasteiger partial charge in [0.15, 0.2) is 5.78 Å². The molecule has 4 rings (SSSR count). The van der Waals surface area contributed by atoms with Gasteiger partial charge in [0.05, 0.1) is 0 Å². The van der Waals surface area contributed by atoms with Crippen LogP contribution in [0.25, 0.3) is 11.5 Å². The lowest BCUT2D eigenvalue weighted by molar-refractivity contribution is 0.101. The van der Waals surface area contributed by atoms with Crippen molar-refractivity contribution < 1.29 is 14.0 Å². The Hall–Kier alpha value is -3.71. The van der Waals surface area contributed by atoms with E-state index >= 15 is 0 Å². The molecule has 0 atom stereocenters. The molecule has 1 N–H and O–H groups in total. The van der Waals surface area contributed by atoms with E-state index in [1.807, 2.05) is 42.5 Å². The van der Waals surface area contributed by atoms with Crippen molar-refractivity contribution in [1.29, 1.82) is 0 Å². The zero-order valence-corrected chi connectivity index (χ0v) is 18.4. The van der Waals surface area contributed by atoms with Gasteiger partial charge in [-0.1, -0.05) is 67.5 Å². The summed E-state index contributed by atoms with van der Waals surface area (Å²) in [6.45, 7) is 4.25. The lowest BCUT2D eigenvalue weighted by atomic mass is 10.0. The summed E-state index contributed by atoms with van der Waals surface area (Å²) in [5.74, 6) is -0.171. The van der Waals surface area contributed by atoms with Crippen LogP contribution >= 0.6 is 11.8 Å². The highest BCUT2D eigenvalue weighted by molar-refractivity contribution is 7.99. The van der Waals surface area contributed by atoms with Gasteiger partial charge >= 0.3 is 6.01 Å². The van der Waals surface area contributed by atoms with Gasteiger partial charge in [-0.2, -0.15) is 0 Å². The first kappa shape index (κ1) is 21.5. The second-order valence-electron chi connectivity index (χ2n) is 7.33. The van der Waals surface area contributed by atoms with Crippen LogP contribution in [-0.4, -0.2) is 27.1 Å². The van der Waals surface area contributed by atoms with Crippen molar-refractivity contribution in [2.24, 2.45) is 0 Å². The first-order valence-corrected chi connectivity index (χ1v) is 11.0. The minimum absolute atomic E-state index is 0.0105. The summed E-state index contributed by atoms with van der Waals surface area (Å²) in [5, 5.41) is 11.0. The van der Waals surface area contributed by atoms with Gasteiger partial charge in [0.25, 0.3) is 5.91 Å². The van der Waals surface area contributed by atoms with Crippen LogP contribution in [-0.2, 0) is 0 Å². The van der Waals surface area contributed by atoms with Gasteiger partial charge in [0.1, 0.15) is 0 Å². The Morgan fingerprint density at radius 3 is 2.25 bits per heavy atom. The van der Waals surface area contributed by atoms with Gasteiger partial charge in [-0.05, 0) is 30.3 Å². The average molecular weight is 444 g/mol. The molecule has 7 heteroatoms. The molecule has 0 radical (unpaired) electrons. The summed E-state index contributed by atoms with van der Waals surface area (Å²) >= 11 is 1.74. The Balaban J connectivity index is 1.44. The van der Waals surface area contributed by atoms with Gasteiger partial charge in [0.2, 0.25) is 5.89 Å². The predicted octanol–water partition coefficient (Wildman–Crippen LogP) is 5.72. The zero-order valence-electron chi connectivity index (χ0n) is 17.6. The van der Waals surface area contributed by atoms with Crippen molar-refractivity contribution in [2.75, 3.05) is 5.32 Å². The summed E-state index contributed by atoms with van der Waals surface area (Å²) in [5.41, 5.74) is 2.27. The Morgan fingerprint density at radius 2 is 1.53 bits per heavy atom. The number of carbonyl (C=O) groups excluding carboxylic acids is 2. The summed E-state index contributed by atoms with van der Waals surface area (Å²) in [6, 6.07) is 23.3. The van der Waals surface area contributed by atoms with E-state index in [2.05, 4.69) is 29.4 Å². The number of rotatable bonds is 7. The highest BCUT2D eigenvalue weighted by atomic mass is 32.2. The number of anilines is 1. The van der Waals surface area contributed by atoms with Crippen molar-refractivity contribution >= 4 is 29.5 Å². The molecule has 32 heavy (non-hydrogen) atoms. The maximum absolute atomic E-state index is 12.6. The Labute approximate surface area is 190 Å². The molecule has 0 aliphatic heterocycles. The number of benzene rings is 3. The van der Waals surface area contributed by atoms with Gasteiger partial charge in [-0.15, -0.1) is 16.9 Å². The molecule has 0 bridgehead atoms. The van der Waals surface area contributed by atoms with Crippen LogP contribution in [0.1, 0.15) is 40.1 Å². The van der Waals surface area contributed by atoms with Crippen molar-refractivity contribution in [2.45, 2.75) is 24.0 Å². The van der Waals surface area contributed by atoms with E-state index < -0.39 is 5.91 Å². The van der Waals surface area contributed by atoms with Crippen molar-refractivity contribution in [3.63, 3.8) is 0 Å². The minimum atomic E-state index is -0.400. The highest BCUT2D eigenvalue weighted by Crippen LogP contribution is 2.28. The lowest BCUT2D eigenvalue weighted by Gasteiger charge is -2.05. The van der Waals surface area contributed by atoms with Crippen molar-refractivity contribution in [3.05, 3.63) is 95.6 Å². The second kappa shape index (κ2) is 9.62. The molecule has 0 saturated heterocycles. The molecule has 1 amide bonds. The van der Waals surface area contributed by atoms with Crippen molar-refractivity contribution in [3.8, 4) is 11.5 Å². The smallest absolute Gasteiger partial charge is 0.322 e. The Bertz CT molecular complexity index is 1230. The summed E-state index contributed by atoms with van der Waals surface area (Å²) in [4.78, 5) is 26.2. The quantitative estimate of drug-likeness (QED) is 0.290. The fourth-order valence-corrected chi connectivity index (χ4v) is 3.96. The van der Waals surface area contributed by atoms with Crippen LogP contribution in [0.3, 0.4) is 0 Å². The molecule has 6 nitrogen and oxygen atoms in total. The zero-order chi connectivity index (χ0) is 22.5. The van der Waals surface area contributed by atoms with Gasteiger partial charge in [0, 0.05) is 32.4 Å². The molecule has 1 heterocycles. The van der Waals surface area contributed by atoms with Gasteiger partial charge in [-0.25, -0.2) is 0 Å². The SMILES string of the molecule is CC(C)Sc1cccc(-c2nnc(NC(=O)c3ccc(C(=O)c4ccccc4)cc3)o2)c1. The largest absolute Gasteiger partial charge is 0.403 e. The molecule has 0 saturated carbocycles. The van der Waals surface area contributed by atoms with Crippen LogP contribution in [0.4, 0.5) is 6.01 Å². The monoisotopic (exact) mass is 443 g/mol. The van der Waals surface area contributed by atoms with Crippen LogP contribution in [0.5, 0.6) is 0 Å². The second-order valence-corrected chi connectivity index (χ2v) is 8.98. The third kappa shape index (κ3) is 5.12. The number of nitrogens with one attached hydrogen (secondary N) is 1. The number of carbonyl (C=O) groups is 2. The molecule has 0 spiro atoms. The highest BCUT2D eigenvalue weighted by Gasteiger charge is 2.15. The van der Waals surface area contributed by atoms with E-state index in [1.54, 1.807) is 48.2 Å². The predicted molar refractivity (Wildman–Crippen MR) is 125 cm³/mol. The third-order valence-corrected chi connectivity index (χ3v) is 5.54. The number of hydrogen-bond donors (Lipinski definition) is 1. The third-order valence-electron chi connectivity index (χ3n) is 4.54. The summed E-state index contributed by atoms with van der Waals surface area (Å²) < 4.78 is 5.62. The van der Waals surface area contributed by atoms with Crippen LogP contribution in [0.15, 0.2) is 88.2 Å². The molecule has 4 aromatic rings. The van der Waals surface area contributed by atoms with E-state index in [9.17, 15) is 9.59 Å². The lowest BCUT2D eigenvalue weighted by Crippen LogP contribution is -2.12. The Morgan fingerprint density at radius 1 is 0.844 bits per heavy atom. The molecule has 0 aliphatic rings. The molecular weight excluding hydrogens is 422 g/mol. The summed E-state index contributed by atoms with van der Waals surface area (Å²) in [6.07, 6.45) is 0. The molecule has 0 aliphatic carbocycles. The maximum Gasteiger partial charge on any atom is 0.322 e. The molecule has 0 unspecified atom stereocenters. The molecule has 160 valence electrons. The van der Waals surface area contributed by atoms with Gasteiger partial charge < -0.3 is 4.42 Å².